The van der Waals surface area contributed by atoms with E-state index in [0.29, 0.717) is 6.04 Å². The van der Waals surface area contributed by atoms with Gasteiger partial charge in [-0.05, 0) is 48.2 Å². The second kappa shape index (κ2) is 6.37. The molecule has 0 saturated carbocycles. The molecule has 0 spiro atoms. The van der Waals surface area contributed by atoms with E-state index in [0.717, 1.165) is 18.0 Å². The van der Waals surface area contributed by atoms with Gasteiger partial charge in [0.25, 0.3) is 0 Å². The van der Waals surface area contributed by atoms with Crippen molar-refractivity contribution in [3.05, 3.63) is 56.7 Å². The normalized spacial score (nSPS) is 12.6. The summed E-state index contributed by atoms with van der Waals surface area (Å²) in [6.45, 7) is 5.24. The lowest BCUT2D eigenvalue weighted by Gasteiger charge is -2.20. The summed E-state index contributed by atoms with van der Waals surface area (Å²) in [4.78, 5) is 1.41. The summed E-state index contributed by atoms with van der Waals surface area (Å²) in [7, 11) is 0. The van der Waals surface area contributed by atoms with Gasteiger partial charge in [-0.1, -0.05) is 30.7 Å². The number of thiophene rings is 1. The highest BCUT2D eigenvalue weighted by Crippen LogP contribution is 2.25. The topological polar surface area (TPSA) is 12.0 Å². The summed E-state index contributed by atoms with van der Waals surface area (Å²) in [6.07, 6.45) is 1.04. The zero-order valence-electron chi connectivity index (χ0n) is 10.7. The molecule has 3 heteroatoms. The quantitative estimate of drug-likeness (QED) is 0.843. The minimum absolute atomic E-state index is 0.367. The first-order valence-electron chi connectivity index (χ1n) is 6.22. The molecular weight excluding hydrogens is 262 g/mol. The Labute approximate surface area is 118 Å². The van der Waals surface area contributed by atoms with E-state index in [1.165, 1.54) is 16.0 Å². The maximum atomic E-state index is 6.02. The van der Waals surface area contributed by atoms with Crippen molar-refractivity contribution in [3.63, 3.8) is 0 Å². The lowest BCUT2D eigenvalue weighted by Crippen LogP contribution is -2.23. The van der Waals surface area contributed by atoms with Crippen LogP contribution in [0.5, 0.6) is 0 Å². The maximum Gasteiger partial charge on any atom is 0.0408 e. The highest BCUT2D eigenvalue weighted by atomic mass is 35.5. The smallest absolute Gasteiger partial charge is 0.0408 e. The molecule has 0 aliphatic carbocycles. The SMILES string of the molecule is CCNC(Cc1cccs1)c1ccc(Cl)cc1C. The van der Waals surface area contributed by atoms with E-state index < -0.39 is 0 Å². The van der Waals surface area contributed by atoms with Crippen molar-refractivity contribution in [2.75, 3.05) is 6.54 Å². The van der Waals surface area contributed by atoms with E-state index in [9.17, 15) is 0 Å². The molecule has 0 amide bonds. The van der Waals surface area contributed by atoms with E-state index in [1.807, 2.05) is 23.5 Å². The number of hydrogen-bond donors (Lipinski definition) is 1. The van der Waals surface area contributed by atoms with Crippen LogP contribution in [0.15, 0.2) is 35.7 Å². The lowest BCUT2D eigenvalue weighted by atomic mass is 9.98. The number of aryl methyl sites for hydroxylation is 1. The van der Waals surface area contributed by atoms with Crippen LogP contribution in [0.1, 0.15) is 29.0 Å². The fraction of sp³-hybridized carbons (Fsp3) is 0.333. The predicted molar refractivity (Wildman–Crippen MR) is 80.6 cm³/mol. The van der Waals surface area contributed by atoms with Crippen LogP contribution in [0.2, 0.25) is 5.02 Å². The van der Waals surface area contributed by atoms with Crippen LogP contribution in [0.4, 0.5) is 0 Å². The van der Waals surface area contributed by atoms with Crippen LogP contribution < -0.4 is 5.32 Å². The first-order chi connectivity index (χ1) is 8.70. The summed E-state index contributed by atoms with van der Waals surface area (Å²) < 4.78 is 0. The van der Waals surface area contributed by atoms with Crippen LogP contribution >= 0.6 is 22.9 Å². The fourth-order valence-corrected chi connectivity index (χ4v) is 3.18. The van der Waals surface area contributed by atoms with Gasteiger partial charge >= 0.3 is 0 Å². The van der Waals surface area contributed by atoms with Crippen LogP contribution in [-0.4, -0.2) is 6.54 Å². The minimum Gasteiger partial charge on any atom is -0.310 e. The molecule has 18 heavy (non-hydrogen) atoms. The molecule has 0 fully saturated rings. The zero-order valence-corrected chi connectivity index (χ0v) is 12.3. The van der Waals surface area contributed by atoms with Gasteiger partial charge in [0.05, 0.1) is 0 Å². The third kappa shape index (κ3) is 3.35. The van der Waals surface area contributed by atoms with Crippen molar-refractivity contribution in [1.82, 2.24) is 5.32 Å². The Hall–Kier alpha value is -0.830. The summed E-state index contributed by atoms with van der Waals surface area (Å²) in [5.41, 5.74) is 2.60. The average Bonchev–Trinajstić information content (AvgIpc) is 2.81. The molecule has 1 N–H and O–H groups in total. The highest BCUT2D eigenvalue weighted by Gasteiger charge is 2.14. The predicted octanol–water partition coefficient (Wildman–Crippen LogP) is 4.60. The van der Waals surface area contributed by atoms with Crippen LogP contribution in [0, 0.1) is 6.92 Å². The Morgan fingerprint density at radius 1 is 1.33 bits per heavy atom. The molecule has 1 atom stereocenters. The molecule has 1 aromatic heterocycles. The van der Waals surface area contributed by atoms with Crippen molar-refractivity contribution in [2.45, 2.75) is 26.3 Å². The summed E-state index contributed by atoms with van der Waals surface area (Å²) >= 11 is 7.84. The van der Waals surface area contributed by atoms with E-state index in [2.05, 4.69) is 42.7 Å². The van der Waals surface area contributed by atoms with E-state index >= 15 is 0 Å². The summed E-state index contributed by atoms with van der Waals surface area (Å²) in [5.74, 6) is 0. The summed E-state index contributed by atoms with van der Waals surface area (Å²) in [5, 5.41) is 6.50. The van der Waals surface area contributed by atoms with Crippen LogP contribution in [0.3, 0.4) is 0 Å². The van der Waals surface area contributed by atoms with Gasteiger partial charge in [0.1, 0.15) is 0 Å². The number of hydrogen-bond acceptors (Lipinski definition) is 2. The van der Waals surface area contributed by atoms with Crippen molar-refractivity contribution in [1.29, 1.82) is 0 Å². The average molecular weight is 280 g/mol. The number of nitrogens with one attached hydrogen (secondary N) is 1. The lowest BCUT2D eigenvalue weighted by molar-refractivity contribution is 0.551. The van der Waals surface area contributed by atoms with Crippen LogP contribution in [-0.2, 0) is 6.42 Å². The third-order valence-electron chi connectivity index (χ3n) is 3.04. The Morgan fingerprint density at radius 2 is 2.17 bits per heavy atom. The molecule has 2 aromatic rings. The molecule has 2 rings (SSSR count). The van der Waals surface area contributed by atoms with E-state index in [4.69, 9.17) is 11.6 Å². The first-order valence-corrected chi connectivity index (χ1v) is 7.48. The van der Waals surface area contributed by atoms with Crippen molar-refractivity contribution >= 4 is 22.9 Å². The Kier molecular flexibility index (Phi) is 4.81. The first kappa shape index (κ1) is 13.6. The van der Waals surface area contributed by atoms with Gasteiger partial charge in [0.15, 0.2) is 0 Å². The minimum atomic E-state index is 0.367. The molecule has 0 saturated heterocycles. The zero-order chi connectivity index (χ0) is 13.0. The standard InChI is InChI=1S/C15H18ClNS/c1-3-17-15(10-13-5-4-8-18-13)14-7-6-12(16)9-11(14)2/h4-9,15,17H,3,10H2,1-2H3. The molecule has 0 aliphatic rings. The number of halogens is 1. The molecule has 0 aliphatic heterocycles. The summed E-state index contributed by atoms with van der Waals surface area (Å²) in [6, 6.07) is 10.8. The van der Waals surface area contributed by atoms with E-state index in [1.54, 1.807) is 0 Å². The van der Waals surface area contributed by atoms with Crippen molar-refractivity contribution < 1.29 is 0 Å². The number of likely N-dealkylation sites (N-methyl/N-ethyl adjacent to an activating group) is 1. The molecular formula is C15H18ClNS. The number of benzene rings is 1. The van der Waals surface area contributed by atoms with E-state index in [-0.39, 0.29) is 0 Å². The van der Waals surface area contributed by atoms with Gasteiger partial charge in [-0.25, -0.2) is 0 Å². The molecule has 96 valence electrons. The van der Waals surface area contributed by atoms with Crippen molar-refractivity contribution in [2.24, 2.45) is 0 Å². The van der Waals surface area contributed by atoms with Gasteiger partial charge < -0.3 is 5.32 Å². The van der Waals surface area contributed by atoms with Crippen LogP contribution in [0.25, 0.3) is 0 Å². The van der Waals surface area contributed by atoms with Gasteiger partial charge in [-0.2, -0.15) is 0 Å². The highest BCUT2D eigenvalue weighted by molar-refractivity contribution is 7.09. The van der Waals surface area contributed by atoms with Crippen molar-refractivity contribution in [3.8, 4) is 0 Å². The van der Waals surface area contributed by atoms with Gasteiger partial charge in [0, 0.05) is 22.4 Å². The Morgan fingerprint density at radius 3 is 2.78 bits per heavy atom. The molecule has 1 heterocycles. The van der Waals surface area contributed by atoms with Gasteiger partial charge in [0.2, 0.25) is 0 Å². The third-order valence-corrected chi connectivity index (χ3v) is 4.18. The Bertz CT molecular complexity index is 493. The Balaban J connectivity index is 2.23. The second-order valence-corrected chi connectivity index (χ2v) is 5.86. The largest absolute Gasteiger partial charge is 0.310 e. The van der Waals surface area contributed by atoms with Gasteiger partial charge in [-0.3, -0.25) is 0 Å². The molecule has 1 unspecified atom stereocenters. The molecule has 0 bridgehead atoms. The number of rotatable bonds is 5. The second-order valence-electron chi connectivity index (χ2n) is 4.39. The van der Waals surface area contributed by atoms with Gasteiger partial charge in [-0.15, -0.1) is 11.3 Å². The maximum absolute atomic E-state index is 6.02. The monoisotopic (exact) mass is 279 g/mol. The fourth-order valence-electron chi connectivity index (χ4n) is 2.20. The molecule has 1 nitrogen and oxygen atoms in total. The molecule has 0 radical (unpaired) electrons. The molecule has 1 aromatic carbocycles.